The van der Waals surface area contributed by atoms with Crippen molar-refractivity contribution in [2.24, 2.45) is 0 Å². The molecule has 1 fully saturated rings. The van der Waals surface area contributed by atoms with Crippen LogP contribution < -0.4 is 10.2 Å². The third kappa shape index (κ3) is 4.68. The number of amides is 4. The largest absolute Gasteiger partial charge is 0.342 e. The van der Waals surface area contributed by atoms with Gasteiger partial charge in [0.25, 0.3) is 11.8 Å². The molecule has 4 amide bonds. The second-order valence-corrected chi connectivity index (χ2v) is 9.59. The van der Waals surface area contributed by atoms with Crippen LogP contribution in [0.2, 0.25) is 5.02 Å². The first-order chi connectivity index (χ1) is 17.9. The fourth-order valence-electron chi connectivity index (χ4n) is 4.57. The van der Waals surface area contributed by atoms with Crippen LogP contribution in [0.25, 0.3) is 17.0 Å². The molecule has 0 aliphatic carbocycles. The van der Waals surface area contributed by atoms with Crippen molar-refractivity contribution in [2.75, 3.05) is 4.90 Å². The van der Waals surface area contributed by atoms with Crippen LogP contribution in [-0.2, 0) is 16.1 Å². The van der Waals surface area contributed by atoms with Crippen LogP contribution in [0.5, 0.6) is 0 Å². The number of imide groups is 2. The van der Waals surface area contributed by atoms with Crippen molar-refractivity contribution in [3.63, 3.8) is 0 Å². The monoisotopic (exact) mass is 511 g/mol. The van der Waals surface area contributed by atoms with Crippen LogP contribution in [0.3, 0.4) is 0 Å². The van der Waals surface area contributed by atoms with E-state index in [1.54, 1.807) is 18.2 Å². The van der Waals surface area contributed by atoms with Crippen LogP contribution in [-0.4, -0.2) is 22.4 Å². The van der Waals surface area contributed by atoms with Crippen molar-refractivity contribution in [2.45, 2.75) is 32.7 Å². The number of rotatable bonds is 6. The predicted molar refractivity (Wildman–Crippen MR) is 147 cm³/mol. The molecule has 1 atom stereocenters. The zero-order valence-electron chi connectivity index (χ0n) is 20.6. The highest BCUT2D eigenvalue weighted by molar-refractivity contribution is 6.39. The summed E-state index contributed by atoms with van der Waals surface area (Å²) < 4.78 is 2.03. The summed E-state index contributed by atoms with van der Waals surface area (Å²) in [5, 5.41) is 3.86. The first kappa shape index (κ1) is 24.5. The Balaban J connectivity index is 1.53. The average molecular weight is 512 g/mol. The number of carbonyl (C=O) groups is 3. The quantitative estimate of drug-likeness (QED) is 0.236. The Kier molecular flexibility index (Phi) is 6.68. The Labute approximate surface area is 220 Å². The first-order valence-corrected chi connectivity index (χ1v) is 12.6. The summed E-state index contributed by atoms with van der Waals surface area (Å²) >= 11 is 6.39. The zero-order chi connectivity index (χ0) is 26.1. The van der Waals surface area contributed by atoms with Gasteiger partial charge in [-0.05, 0) is 53.8 Å². The summed E-state index contributed by atoms with van der Waals surface area (Å²) in [6, 6.07) is 21.9. The highest BCUT2D eigenvalue weighted by Gasteiger charge is 2.37. The number of anilines is 1. The molecule has 1 aliphatic rings. The molecular formula is C30H26ClN3O3. The van der Waals surface area contributed by atoms with Gasteiger partial charge in [-0.1, -0.05) is 74.0 Å². The van der Waals surface area contributed by atoms with Crippen molar-refractivity contribution < 1.29 is 14.4 Å². The molecule has 186 valence electrons. The molecule has 1 N–H and O–H groups in total. The number of benzene rings is 3. The summed E-state index contributed by atoms with van der Waals surface area (Å²) in [6.45, 7) is 4.75. The summed E-state index contributed by atoms with van der Waals surface area (Å²) in [7, 11) is 0. The van der Waals surface area contributed by atoms with Gasteiger partial charge >= 0.3 is 6.03 Å². The van der Waals surface area contributed by atoms with E-state index in [0.29, 0.717) is 28.7 Å². The smallest absolute Gasteiger partial charge is 0.335 e. The van der Waals surface area contributed by atoms with E-state index in [-0.39, 0.29) is 5.57 Å². The van der Waals surface area contributed by atoms with E-state index in [4.69, 9.17) is 11.6 Å². The van der Waals surface area contributed by atoms with Crippen molar-refractivity contribution in [1.29, 1.82) is 0 Å². The molecule has 2 heterocycles. The number of nitrogens with zero attached hydrogens (tertiary/aromatic N) is 2. The Morgan fingerprint density at radius 2 is 1.65 bits per heavy atom. The topological polar surface area (TPSA) is 71.4 Å². The number of aromatic nitrogens is 1. The van der Waals surface area contributed by atoms with E-state index in [9.17, 15) is 14.4 Å². The molecule has 4 aromatic rings. The molecule has 6 nitrogen and oxygen atoms in total. The number of para-hydroxylation sites is 1. The number of urea groups is 1. The maximum Gasteiger partial charge on any atom is 0.335 e. The fourth-order valence-corrected chi connectivity index (χ4v) is 4.76. The lowest BCUT2D eigenvalue weighted by Gasteiger charge is -2.26. The number of hydrogen-bond donors (Lipinski definition) is 1. The van der Waals surface area contributed by atoms with Gasteiger partial charge in [0.1, 0.15) is 5.57 Å². The van der Waals surface area contributed by atoms with Crippen LogP contribution in [0.4, 0.5) is 10.5 Å². The van der Waals surface area contributed by atoms with Crippen LogP contribution >= 0.6 is 11.6 Å². The molecule has 0 spiro atoms. The molecule has 0 saturated carbocycles. The molecule has 1 saturated heterocycles. The SMILES string of the molecule is CCC(C)c1ccc(N2C(=O)NC(=O)/C(=C/c3cn(Cc4ccccc4Cl)c4ccccc34)C2=O)cc1. The average Bonchev–Trinajstić information content (AvgIpc) is 3.25. The van der Waals surface area contributed by atoms with Crippen molar-refractivity contribution in [3.8, 4) is 0 Å². The Morgan fingerprint density at radius 1 is 0.946 bits per heavy atom. The zero-order valence-corrected chi connectivity index (χ0v) is 21.3. The summed E-state index contributed by atoms with van der Waals surface area (Å²) in [5.74, 6) is -1.02. The molecule has 3 aromatic carbocycles. The van der Waals surface area contributed by atoms with Gasteiger partial charge in [0.15, 0.2) is 0 Å². The van der Waals surface area contributed by atoms with Gasteiger partial charge in [-0.15, -0.1) is 0 Å². The summed E-state index contributed by atoms with van der Waals surface area (Å²) in [5.41, 5.74) is 4.01. The van der Waals surface area contributed by atoms with Crippen molar-refractivity contribution in [3.05, 3.63) is 106 Å². The highest BCUT2D eigenvalue weighted by atomic mass is 35.5. The standard InChI is InChI=1S/C30H26ClN3O3/c1-3-19(2)20-12-14-23(15-13-20)34-29(36)25(28(35)32-30(34)37)16-22-18-33(27-11-7-5-9-24(22)27)17-21-8-4-6-10-26(21)31/h4-16,18-19H,3,17H2,1-2H3,(H,32,35,37)/b25-16-. The number of nitrogens with one attached hydrogen (secondary N) is 1. The van der Waals surface area contributed by atoms with E-state index in [1.807, 2.05) is 71.4 Å². The third-order valence-electron chi connectivity index (χ3n) is 6.85. The first-order valence-electron chi connectivity index (χ1n) is 12.2. The van der Waals surface area contributed by atoms with Gasteiger partial charge in [0, 0.05) is 34.2 Å². The van der Waals surface area contributed by atoms with Crippen LogP contribution in [0.15, 0.2) is 84.6 Å². The maximum atomic E-state index is 13.5. The van der Waals surface area contributed by atoms with E-state index in [1.165, 1.54) is 0 Å². The van der Waals surface area contributed by atoms with Gasteiger partial charge < -0.3 is 4.57 Å². The molecular weight excluding hydrogens is 486 g/mol. The molecule has 0 bridgehead atoms. The predicted octanol–water partition coefficient (Wildman–Crippen LogP) is 6.52. The lowest BCUT2D eigenvalue weighted by Crippen LogP contribution is -2.54. The number of halogens is 1. The Morgan fingerprint density at radius 3 is 2.38 bits per heavy atom. The molecule has 1 aliphatic heterocycles. The van der Waals surface area contributed by atoms with Crippen LogP contribution in [0, 0.1) is 0 Å². The van der Waals surface area contributed by atoms with E-state index >= 15 is 0 Å². The molecule has 1 unspecified atom stereocenters. The summed E-state index contributed by atoms with van der Waals surface area (Å²) in [4.78, 5) is 39.9. The van der Waals surface area contributed by atoms with E-state index in [0.717, 1.165) is 33.4 Å². The highest BCUT2D eigenvalue weighted by Crippen LogP contribution is 2.29. The minimum Gasteiger partial charge on any atom is -0.342 e. The third-order valence-corrected chi connectivity index (χ3v) is 7.22. The van der Waals surface area contributed by atoms with Gasteiger partial charge in [0.2, 0.25) is 0 Å². The van der Waals surface area contributed by atoms with Gasteiger partial charge in [-0.25, -0.2) is 9.69 Å². The van der Waals surface area contributed by atoms with Gasteiger partial charge in [-0.3, -0.25) is 14.9 Å². The van der Waals surface area contributed by atoms with Gasteiger partial charge in [0.05, 0.1) is 5.69 Å². The maximum absolute atomic E-state index is 13.5. The molecule has 5 rings (SSSR count). The number of fused-ring (bicyclic) bond motifs is 1. The number of carbonyl (C=O) groups excluding carboxylic acids is 3. The van der Waals surface area contributed by atoms with Crippen molar-refractivity contribution in [1.82, 2.24) is 9.88 Å². The molecule has 7 heteroatoms. The van der Waals surface area contributed by atoms with Crippen molar-refractivity contribution >= 4 is 52.1 Å². The van der Waals surface area contributed by atoms with E-state index in [2.05, 4.69) is 19.2 Å². The number of hydrogen-bond acceptors (Lipinski definition) is 3. The lowest BCUT2D eigenvalue weighted by molar-refractivity contribution is -0.122. The van der Waals surface area contributed by atoms with Gasteiger partial charge in [-0.2, -0.15) is 0 Å². The normalized spacial score (nSPS) is 15.9. The minimum absolute atomic E-state index is 0.105. The van der Waals surface area contributed by atoms with Crippen LogP contribution in [0.1, 0.15) is 42.9 Å². The lowest BCUT2D eigenvalue weighted by atomic mass is 9.98. The molecule has 37 heavy (non-hydrogen) atoms. The van der Waals surface area contributed by atoms with E-state index < -0.39 is 17.8 Å². The fraction of sp³-hybridized carbons (Fsp3) is 0.167. The summed E-state index contributed by atoms with van der Waals surface area (Å²) in [6.07, 6.45) is 4.42. The number of barbiturate groups is 1. The Hall–Kier alpha value is -4.16. The second-order valence-electron chi connectivity index (χ2n) is 9.18. The molecule has 1 aromatic heterocycles. The second kappa shape index (κ2) is 10.1. The minimum atomic E-state index is -0.760. The molecule has 0 radical (unpaired) electrons. The Bertz CT molecular complexity index is 1550.